The van der Waals surface area contributed by atoms with Gasteiger partial charge in [-0.15, -0.1) is 0 Å². The normalized spacial score (nSPS) is 27.0. The minimum atomic E-state index is -0.593. The molecule has 2 fully saturated rings. The third-order valence-corrected chi connectivity index (χ3v) is 7.18. The summed E-state index contributed by atoms with van der Waals surface area (Å²) in [7, 11) is 0. The Morgan fingerprint density at radius 1 is 1.13 bits per heavy atom. The Hall–Kier alpha value is -2.41. The molecule has 2 heterocycles. The average molecular weight is 423 g/mol. The molecule has 31 heavy (non-hydrogen) atoms. The molecule has 2 aromatic carbocycles. The molecule has 6 nitrogen and oxygen atoms in total. The standard InChI is InChI=1S/C25H30N2O4/c28-9-8-19(18-6-7-22-23(10-18)31-24(29)26-22)14-27-15-20-12-25(30,13-21(20)16-27)11-17-4-2-1-3-5-17/h1-7,10,19-21,28,30H,8-9,11-16H2,(H,26,29). The Balaban J connectivity index is 1.24. The number of aliphatic hydroxyl groups is 2. The van der Waals surface area contributed by atoms with Crippen LogP contribution in [0.25, 0.3) is 11.1 Å². The van der Waals surface area contributed by atoms with Crippen molar-refractivity contribution in [2.45, 2.75) is 37.2 Å². The zero-order chi connectivity index (χ0) is 21.4. The predicted molar refractivity (Wildman–Crippen MR) is 119 cm³/mol. The number of oxazole rings is 1. The first-order valence-corrected chi connectivity index (χ1v) is 11.2. The SMILES string of the molecule is O=c1[nH]c2ccc(C(CCO)CN3CC4CC(O)(Cc5ccccc5)CC4C3)cc2o1. The Kier molecular flexibility index (Phi) is 5.46. The van der Waals surface area contributed by atoms with Crippen LogP contribution in [-0.2, 0) is 6.42 Å². The zero-order valence-electron chi connectivity index (χ0n) is 17.7. The summed E-state index contributed by atoms with van der Waals surface area (Å²) < 4.78 is 5.22. The monoisotopic (exact) mass is 422 g/mol. The summed E-state index contributed by atoms with van der Waals surface area (Å²) in [5.74, 6) is 0.778. The fourth-order valence-electron chi connectivity index (χ4n) is 5.87. The molecule has 1 aliphatic heterocycles. The van der Waals surface area contributed by atoms with Gasteiger partial charge in [0.2, 0.25) is 0 Å². The first-order valence-electron chi connectivity index (χ1n) is 11.2. The van der Waals surface area contributed by atoms with Gasteiger partial charge < -0.3 is 19.5 Å². The van der Waals surface area contributed by atoms with Gasteiger partial charge in [0.1, 0.15) is 0 Å². The molecule has 0 amide bonds. The Morgan fingerprint density at radius 3 is 2.58 bits per heavy atom. The van der Waals surface area contributed by atoms with Crippen LogP contribution in [0.2, 0.25) is 0 Å². The van der Waals surface area contributed by atoms with Crippen molar-refractivity contribution in [3.8, 4) is 0 Å². The van der Waals surface area contributed by atoms with Gasteiger partial charge in [-0.05, 0) is 60.3 Å². The number of fused-ring (bicyclic) bond motifs is 2. The number of benzene rings is 2. The lowest BCUT2D eigenvalue weighted by molar-refractivity contribution is 0.0351. The molecular formula is C25H30N2O4. The third kappa shape index (κ3) is 4.33. The number of nitrogens with one attached hydrogen (secondary N) is 1. The number of hydrogen-bond donors (Lipinski definition) is 3. The van der Waals surface area contributed by atoms with Crippen LogP contribution in [0.3, 0.4) is 0 Å². The van der Waals surface area contributed by atoms with Gasteiger partial charge >= 0.3 is 5.76 Å². The quantitative estimate of drug-likeness (QED) is 0.545. The number of rotatable bonds is 7. The number of aromatic amines is 1. The summed E-state index contributed by atoms with van der Waals surface area (Å²) >= 11 is 0. The summed E-state index contributed by atoms with van der Waals surface area (Å²) in [4.78, 5) is 16.6. The minimum absolute atomic E-state index is 0.122. The molecule has 2 aliphatic rings. The van der Waals surface area contributed by atoms with E-state index in [1.165, 1.54) is 5.56 Å². The molecule has 3 N–H and O–H groups in total. The highest BCUT2D eigenvalue weighted by atomic mass is 16.4. The van der Waals surface area contributed by atoms with E-state index < -0.39 is 11.4 Å². The number of aromatic nitrogens is 1. The van der Waals surface area contributed by atoms with Crippen LogP contribution in [0.1, 0.15) is 36.3 Å². The maximum atomic E-state index is 11.5. The lowest BCUT2D eigenvalue weighted by Gasteiger charge is -2.28. The minimum Gasteiger partial charge on any atom is -0.408 e. The van der Waals surface area contributed by atoms with Gasteiger partial charge in [-0.2, -0.15) is 0 Å². The molecule has 1 saturated heterocycles. The number of likely N-dealkylation sites (tertiary alicyclic amines) is 1. The van der Waals surface area contributed by atoms with Crippen molar-refractivity contribution in [1.82, 2.24) is 9.88 Å². The highest BCUT2D eigenvalue weighted by molar-refractivity contribution is 5.72. The molecule has 0 bridgehead atoms. The predicted octanol–water partition coefficient (Wildman–Crippen LogP) is 2.90. The maximum Gasteiger partial charge on any atom is 0.417 e. The summed E-state index contributed by atoms with van der Waals surface area (Å²) in [6.45, 7) is 2.97. The van der Waals surface area contributed by atoms with Crippen LogP contribution >= 0.6 is 0 Å². The smallest absolute Gasteiger partial charge is 0.408 e. The molecule has 3 aromatic rings. The van der Waals surface area contributed by atoms with Crippen molar-refractivity contribution in [2.75, 3.05) is 26.2 Å². The van der Waals surface area contributed by atoms with Crippen molar-refractivity contribution in [3.63, 3.8) is 0 Å². The van der Waals surface area contributed by atoms with Gasteiger partial charge in [-0.1, -0.05) is 36.4 Å². The second kappa shape index (κ2) is 8.26. The largest absolute Gasteiger partial charge is 0.417 e. The van der Waals surface area contributed by atoms with Crippen LogP contribution in [-0.4, -0.2) is 51.9 Å². The Morgan fingerprint density at radius 2 is 1.87 bits per heavy atom. The van der Waals surface area contributed by atoms with Crippen LogP contribution in [0, 0.1) is 11.8 Å². The van der Waals surface area contributed by atoms with E-state index in [0.717, 1.165) is 44.5 Å². The molecule has 1 aromatic heterocycles. The van der Waals surface area contributed by atoms with E-state index >= 15 is 0 Å². The van der Waals surface area contributed by atoms with Gasteiger partial charge in [0, 0.05) is 32.7 Å². The lowest BCUT2D eigenvalue weighted by atomic mass is 9.91. The van der Waals surface area contributed by atoms with Crippen LogP contribution in [0.15, 0.2) is 57.7 Å². The van der Waals surface area contributed by atoms with E-state index in [-0.39, 0.29) is 12.5 Å². The average Bonchev–Trinajstić information content (AvgIpc) is 3.37. The maximum absolute atomic E-state index is 11.5. The van der Waals surface area contributed by atoms with Gasteiger partial charge in [-0.25, -0.2) is 4.79 Å². The molecule has 1 aliphatic carbocycles. The molecular weight excluding hydrogens is 392 g/mol. The van der Waals surface area contributed by atoms with Gasteiger partial charge in [0.05, 0.1) is 11.1 Å². The first-order chi connectivity index (χ1) is 15.0. The molecule has 0 radical (unpaired) electrons. The van der Waals surface area contributed by atoms with Crippen LogP contribution in [0.5, 0.6) is 0 Å². The van der Waals surface area contributed by atoms with Crippen LogP contribution in [0.4, 0.5) is 0 Å². The van der Waals surface area contributed by atoms with Crippen molar-refractivity contribution in [3.05, 3.63) is 70.2 Å². The molecule has 1 saturated carbocycles. The second-order valence-corrected chi connectivity index (χ2v) is 9.51. The first kappa shape index (κ1) is 20.5. The summed E-state index contributed by atoms with van der Waals surface area (Å²) in [6.07, 6.45) is 3.11. The number of H-pyrrole nitrogens is 1. The van der Waals surface area contributed by atoms with Gasteiger partial charge in [0.25, 0.3) is 0 Å². The van der Waals surface area contributed by atoms with E-state index in [1.54, 1.807) is 0 Å². The van der Waals surface area contributed by atoms with E-state index in [2.05, 4.69) is 22.0 Å². The Bertz CT molecular complexity index is 1080. The van der Waals surface area contributed by atoms with Crippen molar-refractivity contribution >= 4 is 11.1 Å². The lowest BCUT2D eigenvalue weighted by Crippen LogP contribution is -2.33. The van der Waals surface area contributed by atoms with Gasteiger partial charge in [-0.3, -0.25) is 4.98 Å². The molecule has 3 unspecified atom stereocenters. The molecule has 0 spiro atoms. The topological polar surface area (TPSA) is 89.7 Å². The second-order valence-electron chi connectivity index (χ2n) is 9.51. The summed E-state index contributed by atoms with van der Waals surface area (Å²) in [5, 5.41) is 20.8. The molecule has 164 valence electrons. The van der Waals surface area contributed by atoms with Gasteiger partial charge in [0.15, 0.2) is 5.58 Å². The van der Waals surface area contributed by atoms with E-state index in [4.69, 9.17) is 4.42 Å². The number of nitrogens with zero attached hydrogens (tertiary/aromatic N) is 1. The van der Waals surface area contributed by atoms with E-state index in [1.807, 2.05) is 36.4 Å². The van der Waals surface area contributed by atoms with Crippen molar-refractivity contribution < 1.29 is 14.6 Å². The van der Waals surface area contributed by atoms with Crippen LogP contribution < -0.4 is 5.76 Å². The number of aliphatic hydroxyl groups excluding tert-OH is 1. The van der Waals surface area contributed by atoms with Crippen molar-refractivity contribution in [1.29, 1.82) is 0 Å². The summed E-state index contributed by atoms with van der Waals surface area (Å²) in [6, 6.07) is 16.1. The zero-order valence-corrected chi connectivity index (χ0v) is 17.7. The Labute approximate surface area is 181 Å². The summed E-state index contributed by atoms with van der Waals surface area (Å²) in [5.41, 5.74) is 2.96. The van der Waals surface area contributed by atoms with Crippen molar-refractivity contribution in [2.24, 2.45) is 11.8 Å². The highest BCUT2D eigenvalue weighted by Gasteiger charge is 2.48. The van der Waals surface area contributed by atoms with E-state index in [0.29, 0.717) is 29.4 Å². The number of hydrogen-bond acceptors (Lipinski definition) is 5. The highest BCUT2D eigenvalue weighted by Crippen LogP contribution is 2.45. The molecule has 3 atom stereocenters. The fraction of sp³-hybridized carbons (Fsp3) is 0.480. The molecule has 5 rings (SSSR count). The fourth-order valence-corrected chi connectivity index (χ4v) is 5.87. The third-order valence-electron chi connectivity index (χ3n) is 7.18. The molecule has 6 heteroatoms. The van der Waals surface area contributed by atoms with E-state index in [9.17, 15) is 15.0 Å².